The largest absolute Gasteiger partial charge is 0.454 e. The highest BCUT2D eigenvalue weighted by Crippen LogP contribution is 2.34. The first kappa shape index (κ1) is 12.8. The number of hydrogen-bond donors (Lipinski definition) is 2. The Morgan fingerprint density at radius 3 is 2.86 bits per heavy atom. The highest BCUT2D eigenvalue weighted by Gasteiger charge is 2.15. The summed E-state index contributed by atoms with van der Waals surface area (Å²) in [6.45, 7) is 2.24. The van der Waals surface area contributed by atoms with Crippen molar-refractivity contribution < 1.29 is 14.3 Å². The quantitative estimate of drug-likeness (QED) is 0.761. The number of aromatic amines is 1. The maximum absolute atomic E-state index is 12.4. The first-order valence-corrected chi connectivity index (χ1v) is 6.99. The number of ether oxygens (including phenoxy) is 2. The average Bonchev–Trinajstić information content (AvgIpc) is 3.12. The Kier molecular flexibility index (Phi) is 2.79. The van der Waals surface area contributed by atoms with Gasteiger partial charge in [-0.15, -0.1) is 0 Å². The van der Waals surface area contributed by atoms with Gasteiger partial charge in [0, 0.05) is 22.7 Å². The maximum Gasteiger partial charge on any atom is 0.272 e. The van der Waals surface area contributed by atoms with Gasteiger partial charge in [-0.25, -0.2) is 0 Å². The fraction of sp³-hybridized carbons (Fsp3) is 0.118. The zero-order chi connectivity index (χ0) is 15.1. The molecule has 0 radical (unpaired) electrons. The van der Waals surface area contributed by atoms with Crippen LogP contribution < -0.4 is 14.8 Å². The van der Waals surface area contributed by atoms with Crippen LogP contribution in [0.15, 0.2) is 42.5 Å². The second-order valence-electron chi connectivity index (χ2n) is 5.30. The average molecular weight is 294 g/mol. The highest BCUT2D eigenvalue weighted by atomic mass is 16.7. The van der Waals surface area contributed by atoms with Gasteiger partial charge in [-0.05, 0) is 37.3 Å². The molecule has 22 heavy (non-hydrogen) atoms. The van der Waals surface area contributed by atoms with Crippen LogP contribution >= 0.6 is 0 Å². The van der Waals surface area contributed by atoms with Crippen LogP contribution in [0.1, 0.15) is 16.1 Å². The van der Waals surface area contributed by atoms with Gasteiger partial charge in [0.1, 0.15) is 5.69 Å². The number of carbonyl (C=O) groups is 1. The summed E-state index contributed by atoms with van der Waals surface area (Å²) in [4.78, 5) is 15.5. The van der Waals surface area contributed by atoms with E-state index in [2.05, 4.69) is 10.3 Å². The summed E-state index contributed by atoms with van der Waals surface area (Å²) in [5, 5.41) is 3.88. The molecule has 0 saturated carbocycles. The summed E-state index contributed by atoms with van der Waals surface area (Å²) in [7, 11) is 0. The van der Waals surface area contributed by atoms with Crippen molar-refractivity contribution in [3.63, 3.8) is 0 Å². The molecule has 0 atom stereocenters. The predicted octanol–water partition coefficient (Wildman–Crippen LogP) is 3.46. The lowest BCUT2D eigenvalue weighted by Gasteiger charge is -2.04. The lowest BCUT2D eigenvalue weighted by atomic mass is 10.2. The van der Waals surface area contributed by atoms with Crippen molar-refractivity contribution in [2.45, 2.75) is 6.92 Å². The van der Waals surface area contributed by atoms with Gasteiger partial charge in [-0.3, -0.25) is 4.79 Å². The number of aryl methyl sites for hydroxylation is 1. The van der Waals surface area contributed by atoms with Gasteiger partial charge >= 0.3 is 0 Å². The normalized spacial score (nSPS) is 12.6. The molecule has 0 bridgehead atoms. The van der Waals surface area contributed by atoms with Crippen LogP contribution in [0, 0.1) is 6.92 Å². The highest BCUT2D eigenvalue weighted by molar-refractivity contribution is 6.06. The molecule has 2 aromatic carbocycles. The summed E-state index contributed by atoms with van der Waals surface area (Å²) >= 11 is 0. The van der Waals surface area contributed by atoms with Crippen molar-refractivity contribution in [2.24, 2.45) is 0 Å². The zero-order valence-electron chi connectivity index (χ0n) is 12.0. The van der Waals surface area contributed by atoms with Crippen molar-refractivity contribution in [3.05, 3.63) is 53.7 Å². The fourth-order valence-corrected chi connectivity index (χ4v) is 2.55. The number of aromatic nitrogens is 1. The van der Waals surface area contributed by atoms with E-state index in [0.717, 1.165) is 16.5 Å². The molecule has 4 rings (SSSR count). The topological polar surface area (TPSA) is 63.4 Å². The van der Waals surface area contributed by atoms with E-state index in [1.807, 2.05) is 31.2 Å². The summed E-state index contributed by atoms with van der Waals surface area (Å²) in [6.07, 6.45) is 0. The van der Waals surface area contributed by atoms with E-state index in [1.54, 1.807) is 18.2 Å². The molecule has 1 aliphatic rings. The Balaban J connectivity index is 1.60. The first-order chi connectivity index (χ1) is 10.7. The van der Waals surface area contributed by atoms with Crippen LogP contribution in [0.4, 0.5) is 5.69 Å². The van der Waals surface area contributed by atoms with E-state index in [0.29, 0.717) is 22.9 Å². The molecule has 1 aliphatic heterocycles. The van der Waals surface area contributed by atoms with E-state index in [-0.39, 0.29) is 12.7 Å². The number of hydrogen-bond acceptors (Lipinski definition) is 3. The molecule has 0 aliphatic carbocycles. The Morgan fingerprint density at radius 1 is 1.09 bits per heavy atom. The Morgan fingerprint density at radius 2 is 1.95 bits per heavy atom. The molecule has 3 aromatic rings. The van der Waals surface area contributed by atoms with Crippen LogP contribution in [0.25, 0.3) is 10.9 Å². The van der Waals surface area contributed by atoms with Gasteiger partial charge in [-0.2, -0.15) is 0 Å². The number of benzene rings is 2. The predicted molar refractivity (Wildman–Crippen MR) is 83.6 cm³/mol. The van der Waals surface area contributed by atoms with E-state index in [4.69, 9.17) is 9.47 Å². The Labute approximate surface area is 126 Å². The minimum atomic E-state index is -0.187. The second kappa shape index (κ2) is 4.80. The van der Waals surface area contributed by atoms with Crippen molar-refractivity contribution in [1.82, 2.24) is 4.98 Å². The number of rotatable bonds is 2. The summed E-state index contributed by atoms with van der Waals surface area (Å²) in [5.41, 5.74) is 3.30. The summed E-state index contributed by atoms with van der Waals surface area (Å²) < 4.78 is 10.6. The standard InChI is InChI=1S/C17H14N2O3/c1-10-2-4-13-11(6-10)7-14(19-13)17(20)18-12-3-5-15-16(8-12)22-9-21-15/h2-8,19H,9H2,1H3,(H,18,20). The van der Waals surface area contributed by atoms with Crippen LogP contribution in [0.5, 0.6) is 11.5 Å². The first-order valence-electron chi connectivity index (χ1n) is 6.99. The molecule has 2 N–H and O–H groups in total. The van der Waals surface area contributed by atoms with Crippen molar-refractivity contribution in [2.75, 3.05) is 12.1 Å². The number of nitrogens with one attached hydrogen (secondary N) is 2. The number of carbonyl (C=O) groups excluding carboxylic acids is 1. The third-order valence-corrected chi connectivity index (χ3v) is 3.65. The molecule has 0 unspecified atom stereocenters. The van der Waals surface area contributed by atoms with Crippen LogP contribution in [-0.4, -0.2) is 17.7 Å². The van der Waals surface area contributed by atoms with Gasteiger partial charge in [0.05, 0.1) is 0 Å². The van der Waals surface area contributed by atoms with Crippen LogP contribution in [-0.2, 0) is 0 Å². The maximum atomic E-state index is 12.4. The molecule has 1 amide bonds. The molecule has 0 fully saturated rings. The number of amides is 1. The van der Waals surface area contributed by atoms with Gasteiger partial charge in [0.2, 0.25) is 6.79 Å². The second-order valence-corrected chi connectivity index (χ2v) is 5.30. The molecule has 0 spiro atoms. The van der Waals surface area contributed by atoms with E-state index in [1.165, 1.54) is 0 Å². The monoisotopic (exact) mass is 294 g/mol. The molecule has 0 saturated heterocycles. The molecule has 5 nitrogen and oxygen atoms in total. The zero-order valence-corrected chi connectivity index (χ0v) is 12.0. The minimum Gasteiger partial charge on any atom is -0.454 e. The molecule has 2 heterocycles. The van der Waals surface area contributed by atoms with Crippen LogP contribution in [0.3, 0.4) is 0 Å². The SMILES string of the molecule is Cc1ccc2[nH]c(C(=O)Nc3ccc4c(c3)OCO4)cc2c1. The molecule has 5 heteroatoms. The Hall–Kier alpha value is -2.95. The smallest absolute Gasteiger partial charge is 0.272 e. The lowest BCUT2D eigenvalue weighted by molar-refractivity contribution is 0.102. The number of H-pyrrole nitrogens is 1. The Bertz CT molecular complexity index is 883. The summed E-state index contributed by atoms with van der Waals surface area (Å²) in [6, 6.07) is 13.2. The number of anilines is 1. The molecular weight excluding hydrogens is 280 g/mol. The minimum absolute atomic E-state index is 0.187. The van der Waals surface area contributed by atoms with E-state index >= 15 is 0 Å². The molecule has 1 aromatic heterocycles. The third-order valence-electron chi connectivity index (χ3n) is 3.65. The summed E-state index contributed by atoms with van der Waals surface area (Å²) in [5.74, 6) is 1.15. The van der Waals surface area contributed by atoms with Crippen molar-refractivity contribution in [3.8, 4) is 11.5 Å². The van der Waals surface area contributed by atoms with Gasteiger partial charge < -0.3 is 19.8 Å². The van der Waals surface area contributed by atoms with Crippen molar-refractivity contribution >= 4 is 22.5 Å². The molecular formula is C17H14N2O3. The lowest BCUT2D eigenvalue weighted by Crippen LogP contribution is -2.12. The van der Waals surface area contributed by atoms with Crippen LogP contribution in [0.2, 0.25) is 0 Å². The van der Waals surface area contributed by atoms with Gasteiger partial charge in [-0.1, -0.05) is 11.6 Å². The fourth-order valence-electron chi connectivity index (χ4n) is 2.55. The third kappa shape index (κ3) is 2.16. The van der Waals surface area contributed by atoms with Gasteiger partial charge in [0.25, 0.3) is 5.91 Å². The van der Waals surface area contributed by atoms with Gasteiger partial charge in [0.15, 0.2) is 11.5 Å². The van der Waals surface area contributed by atoms with E-state index in [9.17, 15) is 4.79 Å². The number of fused-ring (bicyclic) bond motifs is 2. The van der Waals surface area contributed by atoms with E-state index < -0.39 is 0 Å². The van der Waals surface area contributed by atoms with Crippen molar-refractivity contribution in [1.29, 1.82) is 0 Å². The molecule has 110 valence electrons.